The van der Waals surface area contributed by atoms with E-state index in [1.54, 1.807) is 0 Å². The van der Waals surface area contributed by atoms with Crippen LogP contribution >= 0.6 is 17.9 Å². The summed E-state index contributed by atoms with van der Waals surface area (Å²) < 4.78 is 0. The zero-order valence-corrected chi connectivity index (χ0v) is 14.5. The SMILES string of the molecule is CC1=CC=CC([PH](C)(Cl)C2=CC=CC(C)(C)C=C2)=CC1. The van der Waals surface area contributed by atoms with Crippen LogP contribution in [0.25, 0.3) is 0 Å². The molecule has 2 heteroatoms. The Balaban J connectivity index is 2.32. The molecule has 0 spiro atoms. The summed E-state index contributed by atoms with van der Waals surface area (Å²) in [6.45, 7) is 6.67. The molecule has 0 N–H and O–H groups in total. The monoisotopic (exact) mass is 306 g/mol. The average molecular weight is 307 g/mol. The third kappa shape index (κ3) is 3.62. The standard InChI is InChI=1S/C18H24ClP/c1-15-7-5-8-16(11-10-15)20(4,19)17-9-6-13-18(2,3)14-12-17/h5-9,11-14,20H,10H2,1-4H3. The van der Waals surface area contributed by atoms with Crippen LogP contribution in [0.3, 0.4) is 0 Å². The van der Waals surface area contributed by atoms with Crippen LogP contribution in [0, 0.1) is 5.41 Å². The third-order valence-electron chi connectivity index (χ3n) is 3.88. The molecule has 2 aliphatic rings. The fourth-order valence-electron chi connectivity index (χ4n) is 2.37. The van der Waals surface area contributed by atoms with Crippen molar-refractivity contribution in [2.24, 2.45) is 5.41 Å². The first-order chi connectivity index (χ1) is 9.31. The van der Waals surface area contributed by atoms with E-state index in [0.29, 0.717) is 0 Å². The Bertz CT molecular complexity index is 566. The van der Waals surface area contributed by atoms with Gasteiger partial charge < -0.3 is 0 Å². The van der Waals surface area contributed by atoms with Crippen molar-refractivity contribution >= 4 is 17.9 Å². The predicted octanol–water partition coefficient (Wildman–Crippen LogP) is 6.35. The molecule has 0 saturated carbocycles. The Hall–Kier alpha value is -0.840. The summed E-state index contributed by atoms with van der Waals surface area (Å²) in [5, 5.41) is 2.58. The second-order valence-corrected chi connectivity index (χ2v) is 11.8. The molecule has 0 unspecified atom stereocenters. The van der Waals surface area contributed by atoms with E-state index in [-0.39, 0.29) is 5.41 Å². The maximum absolute atomic E-state index is 7.02. The molecule has 0 fully saturated rings. The van der Waals surface area contributed by atoms with Gasteiger partial charge in [-0.15, -0.1) is 0 Å². The minimum absolute atomic E-state index is 0.103. The molecule has 0 amide bonds. The number of allylic oxidation sites excluding steroid dienone is 12. The van der Waals surface area contributed by atoms with Gasteiger partial charge >= 0.3 is 128 Å². The molecule has 0 aromatic heterocycles. The van der Waals surface area contributed by atoms with Gasteiger partial charge in [0.1, 0.15) is 0 Å². The molecule has 108 valence electrons. The summed E-state index contributed by atoms with van der Waals surface area (Å²) in [6.07, 6.45) is 20.8. The topological polar surface area (TPSA) is 0 Å². The van der Waals surface area contributed by atoms with E-state index in [1.807, 2.05) is 0 Å². The fourth-order valence-corrected chi connectivity index (χ4v) is 5.20. The van der Waals surface area contributed by atoms with Gasteiger partial charge in [0.25, 0.3) is 0 Å². The first-order valence-electron chi connectivity index (χ1n) is 7.14. The maximum atomic E-state index is 7.02. The number of halogens is 1. The Kier molecular flexibility index (Phi) is 4.57. The summed E-state index contributed by atoms with van der Waals surface area (Å²) in [5.74, 6) is 0. The Morgan fingerprint density at radius 1 is 1.05 bits per heavy atom. The van der Waals surface area contributed by atoms with Crippen molar-refractivity contribution in [3.63, 3.8) is 0 Å². The Labute approximate surface area is 128 Å². The van der Waals surface area contributed by atoms with E-state index >= 15 is 0 Å². The van der Waals surface area contributed by atoms with Gasteiger partial charge in [0, 0.05) is 0 Å². The van der Waals surface area contributed by atoms with Gasteiger partial charge in [-0.2, -0.15) is 0 Å². The van der Waals surface area contributed by atoms with Crippen LogP contribution in [0.5, 0.6) is 0 Å². The summed E-state index contributed by atoms with van der Waals surface area (Å²) >= 11 is 7.02. The fraction of sp³-hybridized carbons (Fsp3) is 0.333. The van der Waals surface area contributed by atoms with Gasteiger partial charge in [-0.25, -0.2) is 0 Å². The number of hydrogen-bond acceptors (Lipinski definition) is 0. The molecular formula is C18H24ClP. The van der Waals surface area contributed by atoms with Crippen LogP contribution in [-0.4, -0.2) is 6.66 Å². The van der Waals surface area contributed by atoms with Crippen molar-refractivity contribution in [2.45, 2.75) is 27.2 Å². The summed E-state index contributed by atoms with van der Waals surface area (Å²) in [4.78, 5) is 0. The quantitative estimate of drug-likeness (QED) is 0.522. The summed E-state index contributed by atoms with van der Waals surface area (Å²) in [5.41, 5.74) is 1.48. The van der Waals surface area contributed by atoms with Crippen LogP contribution in [-0.2, 0) is 0 Å². The molecule has 0 aromatic rings. The van der Waals surface area contributed by atoms with Crippen molar-refractivity contribution in [2.75, 3.05) is 6.66 Å². The van der Waals surface area contributed by atoms with Crippen LogP contribution in [0.1, 0.15) is 27.2 Å². The van der Waals surface area contributed by atoms with Gasteiger partial charge in [-0.05, 0) is 0 Å². The molecule has 0 radical (unpaired) electrons. The van der Waals surface area contributed by atoms with Gasteiger partial charge in [0.2, 0.25) is 0 Å². The van der Waals surface area contributed by atoms with Crippen molar-refractivity contribution in [3.05, 3.63) is 70.9 Å². The second-order valence-electron chi connectivity index (χ2n) is 6.37. The van der Waals surface area contributed by atoms with Crippen molar-refractivity contribution in [3.8, 4) is 0 Å². The third-order valence-corrected chi connectivity index (χ3v) is 8.06. The van der Waals surface area contributed by atoms with E-state index in [4.69, 9.17) is 11.2 Å². The molecule has 0 aliphatic heterocycles. The molecule has 0 nitrogen and oxygen atoms in total. The van der Waals surface area contributed by atoms with Crippen LogP contribution in [0.2, 0.25) is 0 Å². The van der Waals surface area contributed by atoms with Gasteiger partial charge in [0.05, 0.1) is 0 Å². The molecule has 0 saturated heterocycles. The molecule has 0 aromatic carbocycles. The molecule has 20 heavy (non-hydrogen) atoms. The normalized spacial score (nSPS) is 22.6. The first kappa shape index (κ1) is 15.5. The van der Waals surface area contributed by atoms with Gasteiger partial charge in [-0.3, -0.25) is 0 Å². The van der Waals surface area contributed by atoms with Crippen molar-refractivity contribution in [1.82, 2.24) is 0 Å². The average Bonchev–Trinajstić information content (AvgIpc) is 2.67. The molecule has 0 heterocycles. The molecule has 2 aliphatic carbocycles. The molecule has 2 rings (SSSR count). The van der Waals surface area contributed by atoms with Gasteiger partial charge in [-0.1, -0.05) is 0 Å². The van der Waals surface area contributed by atoms with Crippen molar-refractivity contribution in [1.29, 1.82) is 0 Å². The zero-order chi connectivity index (χ0) is 14.8. The zero-order valence-electron chi connectivity index (χ0n) is 12.8. The number of rotatable bonds is 2. The van der Waals surface area contributed by atoms with E-state index in [9.17, 15) is 0 Å². The van der Waals surface area contributed by atoms with Crippen LogP contribution in [0.4, 0.5) is 0 Å². The van der Waals surface area contributed by atoms with Crippen LogP contribution in [0.15, 0.2) is 70.9 Å². The molecular weight excluding hydrogens is 283 g/mol. The summed E-state index contributed by atoms with van der Waals surface area (Å²) in [6, 6.07) is 0. The van der Waals surface area contributed by atoms with E-state index in [1.165, 1.54) is 16.2 Å². The first-order valence-corrected chi connectivity index (χ1v) is 10.7. The predicted molar refractivity (Wildman–Crippen MR) is 95.8 cm³/mol. The van der Waals surface area contributed by atoms with Gasteiger partial charge in [0.15, 0.2) is 0 Å². The van der Waals surface area contributed by atoms with E-state index in [0.717, 1.165) is 6.42 Å². The second kappa shape index (κ2) is 5.88. The molecule has 0 bridgehead atoms. The minimum atomic E-state index is -2.12. The van der Waals surface area contributed by atoms with Crippen molar-refractivity contribution < 1.29 is 0 Å². The van der Waals surface area contributed by atoms with Crippen LogP contribution < -0.4 is 0 Å². The Morgan fingerprint density at radius 3 is 2.55 bits per heavy atom. The number of hydrogen-bond donors (Lipinski definition) is 0. The molecule has 0 atom stereocenters. The Morgan fingerprint density at radius 2 is 1.80 bits per heavy atom. The van der Waals surface area contributed by atoms with E-state index < -0.39 is 6.62 Å². The van der Waals surface area contributed by atoms with E-state index in [2.05, 4.69) is 82.1 Å². The summed E-state index contributed by atoms with van der Waals surface area (Å²) in [7, 11) is 0.